The first-order valence-electron chi connectivity index (χ1n) is 6.68. The van der Waals surface area contributed by atoms with E-state index in [0.717, 1.165) is 0 Å². The monoisotopic (exact) mass is 300 g/mol. The molecule has 1 heterocycles. The maximum atomic E-state index is 11.8. The van der Waals surface area contributed by atoms with Gasteiger partial charge in [-0.15, -0.1) is 11.3 Å². The molecule has 0 saturated heterocycles. The van der Waals surface area contributed by atoms with Crippen molar-refractivity contribution in [3.05, 3.63) is 52.2 Å². The molecule has 0 saturated carbocycles. The standard InChI is InChI=1S/C16H16N2O2S/c17-11-13-5-1-2-7-15(13)18-16(19)8-3-9-20-12-14-6-4-10-21-14/h1-2,4-7,10H,3,8-9,12H2,(H,18,19). The van der Waals surface area contributed by atoms with E-state index in [2.05, 4.69) is 11.4 Å². The number of hydrogen-bond acceptors (Lipinski definition) is 4. The van der Waals surface area contributed by atoms with E-state index in [-0.39, 0.29) is 5.91 Å². The van der Waals surface area contributed by atoms with Crippen molar-refractivity contribution in [2.75, 3.05) is 11.9 Å². The third kappa shape index (κ3) is 5.03. The van der Waals surface area contributed by atoms with Crippen LogP contribution in [0.15, 0.2) is 41.8 Å². The summed E-state index contributed by atoms with van der Waals surface area (Å²) in [6.07, 6.45) is 1.04. The summed E-state index contributed by atoms with van der Waals surface area (Å²) in [5, 5.41) is 13.7. The van der Waals surface area contributed by atoms with Crippen LogP contribution in [-0.2, 0) is 16.1 Å². The van der Waals surface area contributed by atoms with Gasteiger partial charge in [-0.1, -0.05) is 18.2 Å². The molecule has 0 fully saturated rings. The van der Waals surface area contributed by atoms with Crippen molar-refractivity contribution in [3.8, 4) is 6.07 Å². The number of nitrogens with zero attached hydrogens (tertiary/aromatic N) is 1. The molecule has 0 atom stereocenters. The van der Waals surface area contributed by atoms with E-state index < -0.39 is 0 Å². The number of rotatable bonds is 7. The van der Waals surface area contributed by atoms with Gasteiger partial charge in [0, 0.05) is 17.9 Å². The summed E-state index contributed by atoms with van der Waals surface area (Å²) in [5.74, 6) is -0.0996. The van der Waals surface area contributed by atoms with Gasteiger partial charge in [0.25, 0.3) is 0 Å². The van der Waals surface area contributed by atoms with Crippen LogP contribution in [-0.4, -0.2) is 12.5 Å². The Hall–Kier alpha value is -2.16. The van der Waals surface area contributed by atoms with Crippen molar-refractivity contribution < 1.29 is 9.53 Å². The zero-order valence-corrected chi connectivity index (χ0v) is 12.4. The van der Waals surface area contributed by atoms with Crippen LogP contribution in [0.25, 0.3) is 0 Å². The number of carbonyl (C=O) groups is 1. The molecule has 0 aliphatic rings. The molecule has 0 aliphatic carbocycles. The molecule has 1 N–H and O–H groups in total. The number of ether oxygens (including phenoxy) is 1. The molecule has 5 heteroatoms. The third-order valence-electron chi connectivity index (χ3n) is 2.84. The van der Waals surface area contributed by atoms with Gasteiger partial charge in [0.15, 0.2) is 0 Å². The molecule has 4 nitrogen and oxygen atoms in total. The van der Waals surface area contributed by atoms with E-state index in [9.17, 15) is 4.79 Å². The predicted molar refractivity (Wildman–Crippen MR) is 83.0 cm³/mol. The molecule has 1 amide bonds. The summed E-state index contributed by atoms with van der Waals surface area (Å²) in [7, 11) is 0. The Bertz CT molecular complexity index is 617. The van der Waals surface area contributed by atoms with Crippen LogP contribution in [0.5, 0.6) is 0 Å². The zero-order chi connectivity index (χ0) is 14.9. The molecule has 2 aromatic rings. The van der Waals surface area contributed by atoms with Crippen molar-refractivity contribution in [1.82, 2.24) is 0 Å². The van der Waals surface area contributed by atoms with E-state index in [1.807, 2.05) is 17.5 Å². The fraction of sp³-hybridized carbons (Fsp3) is 0.250. The minimum atomic E-state index is -0.0996. The van der Waals surface area contributed by atoms with Crippen LogP contribution in [0.1, 0.15) is 23.3 Å². The second-order valence-electron chi connectivity index (χ2n) is 4.44. The number of amides is 1. The van der Waals surface area contributed by atoms with E-state index in [1.54, 1.807) is 35.6 Å². The minimum Gasteiger partial charge on any atom is -0.376 e. The number of thiophene rings is 1. The SMILES string of the molecule is N#Cc1ccccc1NC(=O)CCCOCc1cccs1. The summed E-state index contributed by atoms with van der Waals surface area (Å²) in [5.41, 5.74) is 1.03. The lowest BCUT2D eigenvalue weighted by atomic mass is 10.2. The fourth-order valence-corrected chi connectivity index (χ4v) is 2.45. The topological polar surface area (TPSA) is 62.1 Å². The van der Waals surface area contributed by atoms with E-state index in [0.29, 0.717) is 37.3 Å². The number of para-hydroxylation sites is 1. The summed E-state index contributed by atoms with van der Waals surface area (Å²) in [6, 6.07) is 13.0. The van der Waals surface area contributed by atoms with E-state index >= 15 is 0 Å². The van der Waals surface area contributed by atoms with Gasteiger partial charge in [-0.25, -0.2) is 0 Å². The Labute approximate surface area is 128 Å². The lowest BCUT2D eigenvalue weighted by Gasteiger charge is -2.07. The Balaban J connectivity index is 1.67. The second kappa shape index (κ2) is 8.20. The number of benzene rings is 1. The highest BCUT2D eigenvalue weighted by molar-refractivity contribution is 7.09. The number of carbonyl (C=O) groups excluding carboxylic acids is 1. The second-order valence-corrected chi connectivity index (χ2v) is 5.47. The lowest BCUT2D eigenvalue weighted by Crippen LogP contribution is -2.13. The van der Waals surface area contributed by atoms with E-state index in [1.165, 1.54) is 4.88 Å². The highest BCUT2D eigenvalue weighted by Crippen LogP contribution is 2.14. The first-order chi connectivity index (χ1) is 10.3. The smallest absolute Gasteiger partial charge is 0.224 e. The first kappa shape index (κ1) is 15.2. The van der Waals surface area contributed by atoms with Gasteiger partial charge in [0.2, 0.25) is 5.91 Å². The molecule has 108 valence electrons. The van der Waals surface area contributed by atoms with Crippen molar-refractivity contribution in [1.29, 1.82) is 5.26 Å². The third-order valence-corrected chi connectivity index (χ3v) is 3.69. The van der Waals surface area contributed by atoms with Crippen LogP contribution in [0.3, 0.4) is 0 Å². The molecule has 1 aromatic heterocycles. The number of nitriles is 1. The summed E-state index contributed by atoms with van der Waals surface area (Å²) in [6.45, 7) is 1.14. The average Bonchev–Trinajstić information content (AvgIpc) is 3.01. The van der Waals surface area contributed by atoms with Crippen LogP contribution in [0, 0.1) is 11.3 Å². The molecule has 2 rings (SSSR count). The van der Waals surface area contributed by atoms with Gasteiger partial charge >= 0.3 is 0 Å². The normalized spacial score (nSPS) is 10.0. The quantitative estimate of drug-likeness (QED) is 0.795. The number of nitrogens with one attached hydrogen (secondary N) is 1. The fourth-order valence-electron chi connectivity index (χ4n) is 1.80. The molecule has 0 unspecified atom stereocenters. The molecular formula is C16H16N2O2S. The predicted octanol–water partition coefficient (Wildman–Crippen LogP) is 3.56. The van der Waals surface area contributed by atoms with Crippen molar-refractivity contribution in [2.24, 2.45) is 0 Å². The zero-order valence-electron chi connectivity index (χ0n) is 11.5. The Morgan fingerprint density at radius 3 is 2.90 bits per heavy atom. The Kier molecular flexibility index (Phi) is 5.95. The number of anilines is 1. The van der Waals surface area contributed by atoms with Gasteiger partial charge in [-0.2, -0.15) is 5.26 Å². The molecule has 0 radical (unpaired) electrons. The first-order valence-corrected chi connectivity index (χ1v) is 7.56. The largest absolute Gasteiger partial charge is 0.376 e. The van der Waals surface area contributed by atoms with Gasteiger partial charge in [-0.05, 0) is 30.0 Å². The van der Waals surface area contributed by atoms with Gasteiger partial charge in [0.1, 0.15) is 6.07 Å². The lowest BCUT2D eigenvalue weighted by molar-refractivity contribution is -0.116. The van der Waals surface area contributed by atoms with E-state index in [4.69, 9.17) is 10.00 Å². The Morgan fingerprint density at radius 2 is 2.14 bits per heavy atom. The summed E-state index contributed by atoms with van der Waals surface area (Å²) in [4.78, 5) is 13.0. The van der Waals surface area contributed by atoms with Gasteiger partial charge in [-0.3, -0.25) is 4.79 Å². The number of hydrogen-bond donors (Lipinski definition) is 1. The highest BCUT2D eigenvalue weighted by Gasteiger charge is 2.06. The Morgan fingerprint density at radius 1 is 1.29 bits per heavy atom. The van der Waals surface area contributed by atoms with Crippen LogP contribution in [0.2, 0.25) is 0 Å². The molecule has 0 spiro atoms. The van der Waals surface area contributed by atoms with Gasteiger partial charge < -0.3 is 10.1 Å². The molecule has 0 aliphatic heterocycles. The van der Waals surface area contributed by atoms with Gasteiger partial charge in [0.05, 0.1) is 17.9 Å². The molecule has 0 bridgehead atoms. The van der Waals surface area contributed by atoms with Crippen LogP contribution < -0.4 is 5.32 Å². The summed E-state index contributed by atoms with van der Waals surface area (Å²) < 4.78 is 5.50. The van der Waals surface area contributed by atoms with Crippen LogP contribution >= 0.6 is 11.3 Å². The average molecular weight is 300 g/mol. The van der Waals surface area contributed by atoms with Crippen molar-refractivity contribution >= 4 is 22.9 Å². The molecule has 21 heavy (non-hydrogen) atoms. The molecular weight excluding hydrogens is 284 g/mol. The molecule has 1 aromatic carbocycles. The maximum Gasteiger partial charge on any atom is 0.224 e. The minimum absolute atomic E-state index is 0.0996. The summed E-state index contributed by atoms with van der Waals surface area (Å²) >= 11 is 1.66. The van der Waals surface area contributed by atoms with Crippen molar-refractivity contribution in [3.63, 3.8) is 0 Å². The van der Waals surface area contributed by atoms with Crippen molar-refractivity contribution in [2.45, 2.75) is 19.4 Å². The maximum absolute atomic E-state index is 11.8. The highest BCUT2D eigenvalue weighted by atomic mass is 32.1. The van der Waals surface area contributed by atoms with Crippen LogP contribution in [0.4, 0.5) is 5.69 Å².